The minimum Gasteiger partial charge on any atom is -0.311 e. The normalized spacial score (nSPS) is 17.6. The Hall–Kier alpha value is -1.27. The molecule has 2 aromatic rings. The molecule has 0 aromatic carbocycles. The summed E-state index contributed by atoms with van der Waals surface area (Å²) < 4.78 is 3.02. The van der Waals surface area contributed by atoms with Crippen molar-refractivity contribution in [2.24, 2.45) is 7.05 Å². The van der Waals surface area contributed by atoms with Crippen LogP contribution in [-0.2, 0) is 7.05 Å². The van der Waals surface area contributed by atoms with Crippen molar-refractivity contribution in [2.75, 3.05) is 13.1 Å². The number of rotatable bonds is 3. The van der Waals surface area contributed by atoms with Crippen LogP contribution < -0.4 is 0 Å². The van der Waals surface area contributed by atoms with Gasteiger partial charge < -0.3 is 4.57 Å². The van der Waals surface area contributed by atoms with E-state index in [1.807, 2.05) is 19.2 Å². The lowest BCUT2D eigenvalue weighted by atomic mass is 10.2. The van der Waals surface area contributed by atoms with Gasteiger partial charge in [0.1, 0.15) is 11.5 Å². The topological polar surface area (TPSA) is 46.8 Å². The van der Waals surface area contributed by atoms with Crippen molar-refractivity contribution >= 4 is 15.9 Å². The summed E-state index contributed by atoms with van der Waals surface area (Å²) in [5.41, 5.74) is 0.850. The molecule has 1 atom stereocenters. The zero-order valence-electron chi connectivity index (χ0n) is 11.8. The maximum absolute atomic E-state index is 4.40. The number of nitrogens with zero attached hydrogens (tertiary/aromatic N) is 5. The average molecular weight is 336 g/mol. The summed E-state index contributed by atoms with van der Waals surface area (Å²) >= 11 is 3.40. The van der Waals surface area contributed by atoms with Gasteiger partial charge in [-0.3, -0.25) is 9.88 Å². The summed E-state index contributed by atoms with van der Waals surface area (Å²) in [7, 11) is 2.01. The smallest absolute Gasteiger partial charge is 0.182 e. The van der Waals surface area contributed by atoms with Gasteiger partial charge in [0.15, 0.2) is 5.82 Å². The monoisotopic (exact) mass is 335 g/mol. The van der Waals surface area contributed by atoms with Crippen LogP contribution >= 0.6 is 15.9 Å². The molecule has 0 spiro atoms. The Bertz CT molecular complexity index is 586. The Labute approximate surface area is 127 Å². The van der Waals surface area contributed by atoms with Gasteiger partial charge in [-0.25, -0.2) is 0 Å². The maximum Gasteiger partial charge on any atom is 0.182 e. The van der Waals surface area contributed by atoms with Crippen molar-refractivity contribution < 1.29 is 0 Å². The third-order valence-corrected chi connectivity index (χ3v) is 4.40. The van der Waals surface area contributed by atoms with Gasteiger partial charge in [0.2, 0.25) is 0 Å². The van der Waals surface area contributed by atoms with Gasteiger partial charge in [0.05, 0.1) is 6.04 Å². The van der Waals surface area contributed by atoms with E-state index in [0.29, 0.717) is 6.04 Å². The Morgan fingerprint density at radius 1 is 1.20 bits per heavy atom. The van der Waals surface area contributed by atoms with Crippen LogP contribution in [0.3, 0.4) is 0 Å². The summed E-state index contributed by atoms with van der Waals surface area (Å²) in [5, 5.41) is 8.70. The molecular formula is C14H18BrN5. The van der Waals surface area contributed by atoms with E-state index < -0.39 is 0 Å². The highest BCUT2D eigenvalue weighted by molar-refractivity contribution is 9.10. The zero-order chi connectivity index (χ0) is 14.1. The first-order chi connectivity index (χ1) is 9.66. The van der Waals surface area contributed by atoms with Gasteiger partial charge in [0, 0.05) is 17.7 Å². The molecule has 6 heteroatoms. The lowest BCUT2D eigenvalue weighted by Gasteiger charge is -2.22. The van der Waals surface area contributed by atoms with Gasteiger partial charge in [0.25, 0.3) is 0 Å². The van der Waals surface area contributed by atoms with Crippen molar-refractivity contribution in [1.82, 2.24) is 24.6 Å². The van der Waals surface area contributed by atoms with E-state index in [9.17, 15) is 0 Å². The Morgan fingerprint density at radius 2 is 1.95 bits per heavy atom. The first-order valence-corrected chi connectivity index (χ1v) is 7.71. The molecule has 2 aromatic heterocycles. The van der Waals surface area contributed by atoms with Crippen molar-refractivity contribution in [1.29, 1.82) is 0 Å². The summed E-state index contributed by atoms with van der Waals surface area (Å²) in [5.74, 6) is 1.82. The highest BCUT2D eigenvalue weighted by Crippen LogP contribution is 2.25. The van der Waals surface area contributed by atoms with Crippen molar-refractivity contribution in [3.05, 3.63) is 28.6 Å². The molecule has 0 amide bonds. The fourth-order valence-corrected chi connectivity index (χ4v) is 2.96. The zero-order valence-corrected chi connectivity index (χ0v) is 13.3. The molecule has 3 rings (SSSR count). The van der Waals surface area contributed by atoms with E-state index >= 15 is 0 Å². The summed E-state index contributed by atoms with van der Waals surface area (Å²) in [6.07, 6.45) is 4.35. The Kier molecular flexibility index (Phi) is 3.85. The molecule has 5 nitrogen and oxygen atoms in total. The van der Waals surface area contributed by atoms with Crippen LogP contribution in [0.1, 0.15) is 31.6 Å². The number of hydrogen-bond donors (Lipinski definition) is 0. The SMILES string of the molecule is CC(c1nnc(-c2ccc(Br)cn2)n1C)N1CCCC1. The van der Waals surface area contributed by atoms with Crippen molar-refractivity contribution in [3.8, 4) is 11.5 Å². The minimum atomic E-state index is 0.305. The van der Waals surface area contributed by atoms with E-state index in [0.717, 1.165) is 34.9 Å². The molecule has 0 aliphatic carbocycles. The van der Waals surface area contributed by atoms with Gasteiger partial charge >= 0.3 is 0 Å². The van der Waals surface area contributed by atoms with Gasteiger partial charge in [-0.1, -0.05) is 0 Å². The van der Waals surface area contributed by atoms with Crippen LogP contribution in [0.4, 0.5) is 0 Å². The lowest BCUT2D eigenvalue weighted by molar-refractivity contribution is 0.249. The predicted octanol–water partition coefficient (Wildman–Crippen LogP) is 2.80. The molecule has 1 saturated heterocycles. The van der Waals surface area contributed by atoms with Crippen LogP contribution in [0.2, 0.25) is 0 Å². The quantitative estimate of drug-likeness (QED) is 0.865. The minimum absolute atomic E-state index is 0.305. The second kappa shape index (κ2) is 5.61. The molecule has 0 N–H and O–H groups in total. The van der Waals surface area contributed by atoms with Crippen molar-refractivity contribution in [3.63, 3.8) is 0 Å². The first-order valence-electron chi connectivity index (χ1n) is 6.92. The molecule has 20 heavy (non-hydrogen) atoms. The van der Waals surface area contributed by atoms with Crippen LogP contribution in [0.15, 0.2) is 22.8 Å². The van der Waals surface area contributed by atoms with Crippen LogP contribution in [0.25, 0.3) is 11.5 Å². The lowest BCUT2D eigenvalue weighted by Crippen LogP contribution is -2.25. The van der Waals surface area contributed by atoms with Gasteiger partial charge in [-0.15, -0.1) is 10.2 Å². The summed E-state index contributed by atoms with van der Waals surface area (Å²) in [6, 6.07) is 4.23. The fraction of sp³-hybridized carbons (Fsp3) is 0.500. The van der Waals surface area contributed by atoms with E-state index in [1.54, 1.807) is 6.20 Å². The Morgan fingerprint density at radius 3 is 2.60 bits per heavy atom. The van der Waals surface area contributed by atoms with Crippen molar-refractivity contribution in [2.45, 2.75) is 25.8 Å². The van der Waals surface area contributed by atoms with Gasteiger partial charge in [-0.2, -0.15) is 0 Å². The highest BCUT2D eigenvalue weighted by atomic mass is 79.9. The number of aromatic nitrogens is 4. The number of likely N-dealkylation sites (tertiary alicyclic amines) is 1. The third-order valence-electron chi connectivity index (χ3n) is 3.93. The predicted molar refractivity (Wildman–Crippen MR) is 81.2 cm³/mol. The largest absolute Gasteiger partial charge is 0.311 e. The summed E-state index contributed by atoms with van der Waals surface area (Å²) in [4.78, 5) is 6.86. The number of hydrogen-bond acceptors (Lipinski definition) is 4. The van der Waals surface area contributed by atoms with Crippen LogP contribution in [0, 0.1) is 0 Å². The molecule has 0 saturated carbocycles. The number of pyridine rings is 1. The number of halogens is 1. The molecule has 1 unspecified atom stereocenters. The molecule has 106 valence electrons. The molecule has 1 fully saturated rings. The van der Waals surface area contributed by atoms with Gasteiger partial charge in [-0.05, 0) is 60.9 Å². The second-order valence-corrected chi connectivity index (χ2v) is 6.14. The maximum atomic E-state index is 4.40. The Balaban J connectivity index is 1.89. The molecule has 1 aliphatic rings. The van der Waals surface area contributed by atoms with Crippen LogP contribution in [-0.4, -0.2) is 37.7 Å². The average Bonchev–Trinajstić information content (AvgIpc) is 3.09. The molecule has 1 aliphatic heterocycles. The van der Waals surface area contributed by atoms with Crippen LogP contribution in [0.5, 0.6) is 0 Å². The molecular weight excluding hydrogens is 318 g/mol. The molecule has 0 bridgehead atoms. The van der Waals surface area contributed by atoms with E-state index in [2.05, 4.69) is 47.5 Å². The van der Waals surface area contributed by atoms with E-state index in [-0.39, 0.29) is 0 Å². The second-order valence-electron chi connectivity index (χ2n) is 5.22. The standard InChI is InChI=1S/C14H18BrN5/c1-10(20-7-3-4-8-20)13-17-18-14(19(13)2)12-6-5-11(15)9-16-12/h5-6,9-10H,3-4,7-8H2,1-2H3. The molecule has 0 radical (unpaired) electrons. The van der Waals surface area contributed by atoms with E-state index in [4.69, 9.17) is 0 Å². The fourth-order valence-electron chi connectivity index (χ4n) is 2.73. The third kappa shape index (κ3) is 2.50. The summed E-state index contributed by atoms with van der Waals surface area (Å²) in [6.45, 7) is 4.51. The van der Waals surface area contributed by atoms with E-state index in [1.165, 1.54) is 12.8 Å². The highest BCUT2D eigenvalue weighted by Gasteiger charge is 2.24. The first kappa shape index (κ1) is 13.7. The molecule has 3 heterocycles.